The lowest BCUT2D eigenvalue weighted by atomic mass is 9.88. The summed E-state index contributed by atoms with van der Waals surface area (Å²) in [5.74, 6) is 1.25. The molecule has 1 heterocycles. The van der Waals surface area contributed by atoms with Crippen LogP contribution in [0.4, 0.5) is 0 Å². The minimum Gasteiger partial charge on any atom is -0.355 e. The quantitative estimate of drug-likeness (QED) is 0.878. The maximum absolute atomic E-state index is 12.2. The largest absolute Gasteiger partial charge is 0.355 e. The number of hydrogen-bond acceptors (Lipinski definition) is 2. The minimum atomic E-state index is 0. The van der Waals surface area contributed by atoms with Gasteiger partial charge in [-0.05, 0) is 30.9 Å². The summed E-state index contributed by atoms with van der Waals surface area (Å²) in [5.41, 5.74) is 1.31. The summed E-state index contributed by atoms with van der Waals surface area (Å²) >= 11 is 0. The van der Waals surface area contributed by atoms with E-state index >= 15 is 0 Å². The second-order valence-corrected chi connectivity index (χ2v) is 6.05. The minimum absolute atomic E-state index is 0. The molecule has 21 heavy (non-hydrogen) atoms. The third-order valence-electron chi connectivity index (χ3n) is 4.20. The zero-order valence-electron chi connectivity index (χ0n) is 13.0. The van der Waals surface area contributed by atoms with E-state index in [0.29, 0.717) is 11.8 Å². The molecule has 2 N–H and O–H groups in total. The molecule has 0 saturated carbocycles. The van der Waals surface area contributed by atoms with E-state index in [2.05, 4.69) is 48.7 Å². The molecular weight excluding hydrogens is 284 g/mol. The van der Waals surface area contributed by atoms with Gasteiger partial charge < -0.3 is 10.6 Å². The second-order valence-electron chi connectivity index (χ2n) is 6.05. The number of hydrogen-bond donors (Lipinski definition) is 2. The molecule has 1 aromatic rings. The molecule has 1 aliphatic rings. The van der Waals surface area contributed by atoms with Crippen LogP contribution in [0.15, 0.2) is 30.3 Å². The van der Waals surface area contributed by atoms with Crippen molar-refractivity contribution in [1.82, 2.24) is 10.6 Å². The fourth-order valence-electron chi connectivity index (χ4n) is 2.87. The van der Waals surface area contributed by atoms with Crippen LogP contribution < -0.4 is 10.6 Å². The van der Waals surface area contributed by atoms with Gasteiger partial charge in [-0.2, -0.15) is 0 Å². The van der Waals surface area contributed by atoms with Crippen molar-refractivity contribution in [1.29, 1.82) is 0 Å². The molecule has 118 valence electrons. The molecule has 2 rings (SSSR count). The van der Waals surface area contributed by atoms with Gasteiger partial charge in [-0.3, -0.25) is 4.79 Å². The first-order chi connectivity index (χ1) is 9.68. The number of carbonyl (C=O) groups is 1. The summed E-state index contributed by atoms with van der Waals surface area (Å²) in [7, 11) is 0. The van der Waals surface area contributed by atoms with E-state index in [1.807, 2.05) is 6.07 Å². The molecule has 2 unspecified atom stereocenters. The smallest absolute Gasteiger partial charge is 0.224 e. The van der Waals surface area contributed by atoms with Crippen LogP contribution in [-0.2, 0) is 4.79 Å². The van der Waals surface area contributed by atoms with Crippen LogP contribution in [0.25, 0.3) is 0 Å². The first kappa shape index (κ1) is 18.0. The standard InChI is InChI=1S/C17H26N2O.ClH/c1-13(2)16(14-7-4-3-5-8-14)12-19-17(20)15-9-6-10-18-11-15;/h3-5,7-8,13,15-16,18H,6,9-12H2,1-2H3,(H,19,20);1H. The monoisotopic (exact) mass is 310 g/mol. The molecule has 0 aliphatic carbocycles. The van der Waals surface area contributed by atoms with E-state index in [0.717, 1.165) is 32.5 Å². The summed E-state index contributed by atoms with van der Waals surface area (Å²) in [6.45, 7) is 7.03. The number of carbonyl (C=O) groups excluding carboxylic acids is 1. The molecule has 1 amide bonds. The molecule has 3 nitrogen and oxygen atoms in total. The lowest BCUT2D eigenvalue weighted by molar-refractivity contribution is -0.125. The highest BCUT2D eigenvalue weighted by atomic mass is 35.5. The predicted octanol–water partition coefficient (Wildman–Crippen LogP) is 2.96. The van der Waals surface area contributed by atoms with E-state index in [1.165, 1.54) is 5.56 Å². The van der Waals surface area contributed by atoms with Crippen molar-refractivity contribution in [3.05, 3.63) is 35.9 Å². The first-order valence-electron chi connectivity index (χ1n) is 7.72. The first-order valence-corrected chi connectivity index (χ1v) is 7.72. The van der Waals surface area contributed by atoms with E-state index in [9.17, 15) is 4.79 Å². The van der Waals surface area contributed by atoms with Crippen molar-refractivity contribution >= 4 is 18.3 Å². The zero-order chi connectivity index (χ0) is 14.4. The van der Waals surface area contributed by atoms with Crippen molar-refractivity contribution < 1.29 is 4.79 Å². The van der Waals surface area contributed by atoms with Crippen LogP contribution in [0.1, 0.15) is 38.2 Å². The molecule has 0 bridgehead atoms. The van der Waals surface area contributed by atoms with Crippen LogP contribution in [0.3, 0.4) is 0 Å². The van der Waals surface area contributed by atoms with Crippen molar-refractivity contribution in [2.75, 3.05) is 19.6 Å². The molecule has 0 aromatic heterocycles. The van der Waals surface area contributed by atoms with Gasteiger partial charge in [0.1, 0.15) is 0 Å². The lowest BCUT2D eigenvalue weighted by Crippen LogP contribution is -2.42. The highest BCUT2D eigenvalue weighted by Gasteiger charge is 2.22. The Labute approximate surface area is 134 Å². The number of piperidine rings is 1. The fraction of sp³-hybridized carbons (Fsp3) is 0.588. The highest BCUT2D eigenvalue weighted by molar-refractivity contribution is 5.85. The topological polar surface area (TPSA) is 41.1 Å². The summed E-state index contributed by atoms with van der Waals surface area (Å²) in [6, 6.07) is 10.5. The normalized spacial score (nSPS) is 19.7. The summed E-state index contributed by atoms with van der Waals surface area (Å²) in [6.07, 6.45) is 2.11. The van der Waals surface area contributed by atoms with Crippen molar-refractivity contribution in [2.24, 2.45) is 11.8 Å². The van der Waals surface area contributed by atoms with Gasteiger partial charge in [0.15, 0.2) is 0 Å². The number of amides is 1. The number of rotatable bonds is 5. The summed E-state index contributed by atoms with van der Waals surface area (Å²) in [4.78, 5) is 12.2. The molecule has 1 fully saturated rings. The fourth-order valence-corrected chi connectivity index (χ4v) is 2.87. The molecule has 1 saturated heterocycles. The molecule has 4 heteroatoms. The third kappa shape index (κ3) is 5.33. The molecular formula is C17H27ClN2O. The van der Waals surface area contributed by atoms with E-state index in [-0.39, 0.29) is 24.2 Å². The maximum atomic E-state index is 12.2. The van der Waals surface area contributed by atoms with E-state index in [4.69, 9.17) is 0 Å². The van der Waals surface area contributed by atoms with Crippen molar-refractivity contribution in [3.63, 3.8) is 0 Å². The molecule has 0 radical (unpaired) electrons. The van der Waals surface area contributed by atoms with E-state index in [1.54, 1.807) is 0 Å². The number of nitrogens with one attached hydrogen (secondary N) is 2. The van der Waals surface area contributed by atoms with Crippen molar-refractivity contribution in [2.45, 2.75) is 32.6 Å². The Morgan fingerprint density at radius 2 is 2.05 bits per heavy atom. The Morgan fingerprint density at radius 3 is 2.62 bits per heavy atom. The van der Waals surface area contributed by atoms with Gasteiger partial charge in [0.05, 0.1) is 5.92 Å². The molecule has 2 atom stereocenters. The lowest BCUT2D eigenvalue weighted by Gasteiger charge is -2.25. The summed E-state index contributed by atoms with van der Waals surface area (Å²) < 4.78 is 0. The Hall–Kier alpha value is -1.06. The Morgan fingerprint density at radius 1 is 1.33 bits per heavy atom. The SMILES string of the molecule is CC(C)C(CNC(=O)C1CCCNC1)c1ccccc1.Cl. The molecule has 0 spiro atoms. The van der Waals surface area contributed by atoms with E-state index < -0.39 is 0 Å². The van der Waals surface area contributed by atoms with Crippen LogP contribution in [0.5, 0.6) is 0 Å². The van der Waals surface area contributed by atoms with Crippen LogP contribution in [0, 0.1) is 11.8 Å². The average Bonchev–Trinajstić information content (AvgIpc) is 2.49. The highest BCUT2D eigenvalue weighted by Crippen LogP contribution is 2.23. The number of benzene rings is 1. The molecule has 1 aliphatic heterocycles. The number of halogens is 1. The average molecular weight is 311 g/mol. The van der Waals surface area contributed by atoms with Crippen LogP contribution in [0.2, 0.25) is 0 Å². The van der Waals surface area contributed by atoms with Gasteiger partial charge in [0.25, 0.3) is 0 Å². The summed E-state index contributed by atoms with van der Waals surface area (Å²) in [5, 5.41) is 6.45. The Balaban J connectivity index is 0.00000220. The predicted molar refractivity (Wildman–Crippen MR) is 89.9 cm³/mol. The zero-order valence-corrected chi connectivity index (χ0v) is 13.8. The van der Waals surface area contributed by atoms with Gasteiger partial charge in [-0.1, -0.05) is 44.2 Å². The Kier molecular flexibility index (Phi) is 7.76. The van der Waals surface area contributed by atoms with Gasteiger partial charge in [0.2, 0.25) is 5.91 Å². The van der Waals surface area contributed by atoms with Gasteiger partial charge in [-0.25, -0.2) is 0 Å². The van der Waals surface area contributed by atoms with Gasteiger partial charge in [0, 0.05) is 19.0 Å². The van der Waals surface area contributed by atoms with Crippen LogP contribution >= 0.6 is 12.4 Å². The maximum Gasteiger partial charge on any atom is 0.224 e. The molecule has 1 aromatic carbocycles. The van der Waals surface area contributed by atoms with Gasteiger partial charge in [-0.15, -0.1) is 12.4 Å². The van der Waals surface area contributed by atoms with Crippen molar-refractivity contribution in [3.8, 4) is 0 Å². The Bertz CT molecular complexity index is 416. The van der Waals surface area contributed by atoms with Gasteiger partial charge >= 0.3 is 0 Å². The van der Waals surface area contributed by atoms with Crippen LogP contribution in [-0.4, -0.2) is 25.5 Å². The third-order valence-corrected chi connectivity index (χ3v) is 4.20. The second kappa shape index (κ2) is 9.06.